The molecular weight excluding hydrogens is 423 g/mol. The average Bonchev–Trinajstić information content (AvgIpc) is 2.83. The van der Waals surface area contributed by atoms with Crippen LogP contribution in [0.2, 0.25) is 0 Å². The Labute approximate surface area is 189 Å². The molecule has 4 aromatic rings. The van der Waals surface area contributed by atoms with Crippen LogP contribution in [0.15, 0.2) is 77.6 Å². The van der Waals surface area contributed by atoms with E-state index in [-0.39, 0.29) is 16.9 Å². The van der Waals surface area contributed by atoms with Crippen molar-refractivity contribution in [1.82, 2.24) is 4.57 Å². The van der Waals surface area contributed by atoms with Gasteiger partial charge in [-0.3, -0.25) is 9.59 Å². The van der Waals surface area contributed by atoms with E-state index >= 15 is 0 Å². The lowest BCUT2D eigenvalue weighted by Crippen LogP contribution is -2.30. The summed E-state index contributed by atoms with van der Waals surface area (Å²) in [5.41, 5.74) is 1.01. The summed E-state index contributed by atoms with van der Waals surface area (Å²) in [6.07, 6.45) is 0.588. The molecule has 1 heterocycles. The van der Waals surface area contributed by atoms with Gasteiger partial charge < -0.3 is 14.6 Å². The predicted octanol–water partition coefficient (Wildman–Crippen LogP) is 4.71. The SMILES string of the molecule is CCc1cccc2c1c(OC(=O)c1ccccc1)c(C(=O)Nc1ccc(F)cc1)c(=O)n2C. The van der Waals surface area contributed by atoms with E-state index in [1.54, 1.807) is 43.4 Å². The van der Waals surface area contributed by atoms with Crippen molar-refractivity contribution >= 4 is 28.5 Å². The van der Waals surface area contributed by atoms with Crippen LogP contribution in [0, 0.1) is 5.82 Å². The number of nitrogens with zero attached hydrogens (tertiary/aromatic N) is 1. The fourth-order valence-corrected chi connectivity index (χ4v) is 3.68. The van der Waals surface area contributed by atoms with E-state index in [4.69, 9.17) is 4.74 Å². The molecule has 0 bridgehead atoms. The number of aryl methyl sites for hydroxylation is 2. The molecule has 0 spiro atoms. The van der Waals surface area contributed by atoms with Crippen LogP contribution in [0.1, 0.15) is 33.2 Å². The largest absolute Gasteiger partial charge is 0.421 e. The van der Waals surface area contributed by atoms with Gasteiger partial charge in [-0.1, -0.05) is 37.3 Å². The first kappa shape index (κ1) is 22.0. The lowest BCUT2D eigenvalue weighted by atomic mass is 10.0. The first-order chi connectivity index (χ1) is 15.9. The Kier molecular flexibility index (Phi) is 6.04. The summed E-state index contributed by atoms with van der Waals surface area (Å²) in [5.74, 6) is -2.00. The van der Waals surface area contributed by atoms with Crippen molar-refractivity contribution in [3.8, 4) is 5.75 Å². The summed E-state index contributed by atoms with van der Waals surface area (Å²) in [6, 6.07) is 18.9. The third-order valence-corrected chi connectivity index (χ3v) is 5.38. The molecule has 166 valence electrons. The van der Waals surface area contributed by atoms with Gasteiger partial charge in [-0.2, -0.15) is 0 Å². The number of esters is 1. The van der Waals surface area contributed by atoms with Crippen molar-refractivity contribution in [1.29, 1.82) is 0 Å². The molecule has 0 unspecified atom stereocenters. The second-order valence-electron chi connectivity index (χ2n) is 7.45. The van der Waals surface area contributed by atoms with Crippen LogP contribution in [0.3, 0.4) is 0 Å². The highest BCUT2D eigenvalue weighted by atomic mass is 19.1. The van der Waals surface area contributed by atoms with Gasteiger partial charge in [-0.05, 0) is 54.4 Å². The fourth-order valence-electron chi connectivity index (χ4n) is 3.68. The van der Waals surface area contributed by atoms with E-state index in [1.165, 1.54) is 28.8 Å². The van der Waals surface area contributed by atoms with Crippen molar-refractivity contribution in [2.75, 3.05) is 5.32 Å². The molecule has 0 atom stereocenters. The van der Waals surface area contributed by atoms with Crippen LogP contribution < -0.4 is 15.6 Å². The molecule has 0 saturated heterocycles. The minimum atomic E-state index is -0.758. The van der Waals surface area contributed by atoms with Gasteiger partial charge in [0, 0.05) is 18.1 Å². The molecule has 33 heavy (non-hydrogen) atoms. The molecule has 4 rings (SSSR count). The van der Waals surface area contributed by atoms with Crippen LogP contribution in [0.25, 0.3) is 10.9 Å². The smallest absolute Gasteiger partial charge is 0.343 e. The van der Waals surface area contributed by atoms with Crippen molar-refractivity contribution in [3.05, 3.63) is 106 Å². The minimum Gasteiger partial charge on any atom is -0.421 e. The zero-order valence-electron chi connectivity index (χ0n) is 18.1. The van der Waals surface area contributed by atoms with E-state index < -0.39 is 23.3 Å². The molecule has 1 aromatic heterocycles. The zero-order chi connectivity index (χ0) is 23.5. The standard InChI is InChI=1S/C26H21FN2O4/c1-3-16-10-7-11-20-21(16)23(33-26(32)17-8-5-4-6-9-17)22(25(31)29(20)2)24(30)28-19-14-12-18(27)13-15-19/h4-15H,3H2,1-2H3,(H,28,30). The topological polar surface area (TPSA) is 77.4 Å². The van der Waals surface area contributed by atoms with Gasteiger partial charge in [0.05, 0.1) is 11.1 Å². The number of carbonyl (C=O) groups is 2. The van der Waals surface area contributed by atoms with Crippen LogP contribution in [0.5, 0.6) is 5.75 Å². The molecule has 6 nitrogen and oxygen atoms in total. The first-order valence-corrected chi connectivity index (χ1v) is 10.4. The second-order valence-corrected chi connectivity index (χ2v) is 7.45. The van der Waals surface area contributed by atoms with Gasteiger partial charge in [-0.15, -0.1) is 0 Å². The number of hydrogen-bond donors (Lipinski definition) is 1. The maximum absolute atomic E-state index is 13.3. The second kappa shape index (κ2) is 9.08. The highest BCUT2D eigenvalue weighted by Gasteiger charge is 2.26. The van der Waals surface area contributed by atoms with Crippen molar-refractivity contribution < 1.29 is 18.7 Å². The van der Waals surface area contributed by atoms with Crippen molar-refractivity contribution in [2.45, 2.75) is 13.3 Å². The summed E-state index contributed by atoms with van der Waals surface area (Å²) < 4.78 is 20.4. The lowest BCUT2D eigenvalue weighted by Gasteiger charge is -2.17. The van der Waals surface area contributed by atoms with E-state index in [9.17, 15) is 18.8 Å². The molecule has 3 aromatic carbocycles. The number of aromatic nitrogens is 1. The summed E-state index contributed by atoms with van der Waals surface area (Å²) in [4.78, 5) is 39.4. The van der Waals surface area contributed by atoms with Crippen LogP contribution >= 0.6 is 0 Å². The minimum absolute atomic E-state index is 0.0981. The molecule has 0 fully saturated rings. The Hall–Kier alpha value is -4.26. The highest BCUT2D eigenvalue weighted by molar-refractivity contribution is 6.10. The van der Waals surface area contributed by atoms with Gasteiger partial charge in [0.25, 0.3) is 11.5 Å². The maximum Gasteiger partial charge on any atom is 0.343 e. The summed E-state index contributed by atoms with van der Waals surface area (Å²) in [6.45, 7) is 1.93. The van der Waals surface area contributed by atoms with E-state index in [1.807, 2.05) is 19.1 Å². The molecule has 0 radical (unpaired) electrons. The fraction of sp³-hybridized carbons (Fsp3) is 0.115. The Morgan fingerprint density at radius 1 is 0.970 bits per heavy atom. The molecule has 0 aliphatic heterocycles. The Bertz CT molecular complexity index is 1410. The van der Waals surface area contributed by atoms with Gasteiger partial charge >= 0.3 is 5.97 Å². The number of halogens is 1. The number of fused-ring (bicyclic) bond motifs is 1. The van der Waals surface area contributed by atoms with E-state index in [2.05, 4.69) is 5.32 Å². The van der Waals surface area contributed by atoms with Gasteiger partial charge in [0.15, 0.2) is 5.75 Å². The van der Waals surface area contributed by atoms with E-state index in [0.717, 1.165) is 5.56 Å². The maximum atomic E-state index is 13.3. The Morgan fingerprint density at radius 3 is 2.33 bits per heavy atom. The Balaban J connectivity index is 1.92. The van der Waals surface area contributed by atoms with Crippen molar-refractivity contribution in [2.24, 2.45) is 7.05 Å². The quantitative estimate of drug-likeness (QED) is 0.452. The van der Waals surface area contributed by atoms with Crippen LogP contribution in [0.4, 0.5) is 10.1 Å². The number of amides is 1. The summed E-state index contributed by atoms with van der Waals surface area (Å²) in [7, 11) is 1.56. The van der Waals surface area contributed by atoms with Crippen molar-refractivity contribution in [3.63, 3.8) is 0 Å². The van der Waals surface area contributed by atoms with Gasteiger partial charge in [0.2, 0.25) is 0 Å². The van der Waals surface area contributed by atoms with Crippen LogP contribution in [-0.4, -0.2) is 16.4 Å². The zero-order valence-corrected chi connectivity index (χ0v) is 18.1. The molecule has 1 amide bonds. The molecule has 7 heteroatoms. The number of benzene rings is 3. The number of rotatable bonds is 5. The first-order valence-electron chi connectivity index (χ1n) is 10.4. The normalized spacial score (nSPS) is 10.8. The van der Waals surface area contributed by atoms with E-state index in [0.29, 0.717) is 23.0 Å². The number of nitrogens with one attached hydrogen (secondary N) is 1. The number of pyridine rings is 1. The molecular formula is C26H21FN2O4. The van der Waals surface area contributed by atoms with Gasteiger partial charge in [0.1, 0.15) is 11.4 Å². The van der Waals surface area contributed by atoms with Crippen LogP contribution in [-0.2, 0) is 13.5 Å². The predicted molar refractivity (Wildman–Crippen MR) is 124 cm³/mol. The molecule has 1 N–H and O–H groups in total. The summed E-state index contributed by atoms with van der Waals surface area (Å²) in [5, 5.41) is 3.11. The third-order valence-electron chi connectivity index (χ3n) is 5.38. The number of anilines is 1. The monoisotopic (exact) mass is 444 g/mol. The molecule has 0 aliphatic rings. The Morgan fingerprint density at radius 2 is 1.67 bits per heavy atom. The number of hydrogen-bond acceptors (Lipinski definition) is 4. The molecule has 0 saturated carbocycles. The molecule has 0 aliphatic carbocycles. The average molecular weight is 444 g/mol. The summed E-state index contributed by atoms with van der Waals surface area (Å²) >= 11 is 0. The number of carbonyl (C=O) groups excluding carboxylic acids is 2. The highest BCUT2D eigenvalue weighted by Crippen LogP contribution is 2.32. The number of ether oxygens (including phenoxy) is 1. The van der Waals surface area contributed by atoms with Gasteiger partial charge in [-0.25, -0.2) is 9.18 Å². The lowest BCUT2D eigenvalue weighted by molar-refractivity contribution is 0.0735. The third kappa shape index (κ3) is 4.25.